The SMILES string of the molecule is Cc1noc2nc(-c3ccco3)cc(C(=O)N(C)C(C)c3ccc(Cl)cc3)c12. The van der Waals surface area contributed by atoms with Crippen LogP contribution in [0.5, 0.6) is 0 Å². The molecule has 0 aliphatic rings. The molecular weight excluding hydrogens is 378 g/mol. The Morgan fingerprint density at radius 1 is 1.21 bits per heavy atom. The first kappa shape index (κ1) is 18.3. The van der Waals surface area contributed by atoms with E-state index in [4.69, 9.17) is 20.5 Å². The maximum atomic E-state index is 13.4. The first-order valence-electron chi connectivity index (χ1n) is 8.79. The maximum absolute atomic E-state index is 13.4. The number of aromatic nitrogens is 2. The van der Waals surface area contributed by atoms with Crippen molar-refractivity contribution in [3.63, 3.8) is 0 Å². The standard InChI is InChI=1S/C21H18ClN3O3/c1-12-19-16(11-17(18-5-4-10-27-18)23-20(19)28-24-12)21(26)25(3)13(2)14-6-8-15(22)9-7-14/h4-11,13H,1-3H3. The molecule has 0 saturated carbocycles. The van der Waals surface area contributed by atoms with E-state index in [-0.39, 0.29) is 11.9 Å². The summed E-state index contributed by atoms with van der Waals surface area (Å²) in [5.74, 6) is 0.396. The van der Waals surface area contributed by atoms with Crippen molar-refractivity contribution >= 4 is 28.6 Å². The van der Waals surface area contributed by atoms with E-state index in [0.29, 0.717) is 38.8 Å². The Labute approximate surface area is 166 Å². The van der Waals surface area contributed by atoms with Crippen molar-refractivity contribution in [3.05, 3.63) is 70.6 Å². The topological polar surface area (TPSA) is 72.4 Å². The minimum atomic E-state index is -0.158. The summed E-state index contributed by atoms with van der Waals surface area (Å²) in [6.07, 6.45) is 1.56. The number of hydrogen-bond donors (Lipinski definition) is 0. The molecule has 7 heteroatoms. The number of carbonyl (C=O) groups excluding carboxylic acids is 1. The fraction of sp³-hybridized carbons (Fsp3) is 0.190. The number of halogens is 1. The van der Waals surface area contributed by atoms with Gasteiger partial charge in [-0.15, -0.1) is 0 Å². The third kappa shape index (κ3) is 3.16. The Hall–Kier alpha value is -3.12. The predicted molar refractivity (Wildman–Crippen MR) is 106 cm³/mol. The summed E-state index contributed by atoms with van der Waals surface area (Å²) >= 11 is 5.98. The zero-order valence-corrected chi connectivity index (χ0v) is 16.4. The molecule has 1 amide bonds. The van der Waals surface area contributed by atoms with Gasteiger partial charge in [0, 0.05) is 12.1 Å². The van der Waals surface area contributed by atoms with Crippen LogP contribution in [0.25, 0.3) is 22.6 Å². The van der Waals surface area contributed by atoms with Gasteiger partial charge in [0.05, 0.1) is 28.9 Å². The number of hydrogen-bond acceptors (Lipinski definition) is 5. The molecule has 1 unspecified atom stereocenters. The lowest BCUT2D eigenvalue weighted by Gasteiger charge is -2.26. The van der Waals surface area contributed by atoms with Crippen LogP contribution < -0.4 is 0 Å². The van der Waals surface area contributed by atoms with E-state index < -0.39 is 0 Å². The van der Waals surface area contributed by atoms with Crippen molar-refractivity contribution in [1.29, 1.82) is 0 Å². The Bertz CT molecular complexity index is 1130. The molecule has 3 heterocycles. The Morgan fingerprint density at radius 2 is 1.96 bits per heavy atom. The summed E-state index contributed by atoms with van der Waals surface area (Å²) in [7, 11) is 1.77. The molecule has 1 aromatic carbocycles. The molecule has 0 fully saturated rings. The van der Waals surface area contributed by atoms with Gasteiger partial charge in [-0.3, -0.25) is 4.79 Å². The molecule has 3 aromatic heterocycles. The van der Waals surface area contributed by atoms with Crippen molar-refractivity contribution in [2.75, 3.05) is 7.05 Å². The van der Waals surface area contributed by atoms with Crippen LogP contribution in [-0.2, 0) is 0 Å². The Balaban J connectivity index is 1.77. The van der Waals surface area contributed by atoms with Gasteiger partial charge in [0.1, 0.15) is 5.69 Å². The first-order valence-corrected chi connectivity index (χ1v) is 9.17. The fourth-order valence-corrected chi connectivity index (χ4v) is 3.27. The average Bonchev–Trinajstić information content (AvgIpc) is 3.36. The zero-order valence-electron chi connectivity index (χ0n) is 15.6. The highest BCUT2D eigenvalue weighted by Gasteiger charge is 2.25. The summed E-state index contributed by atoms with van der Waals surface area (Å²) in [5, 5.41) is 5.24. The fourth-order valence-electron chi connectivity index (χ4n) is 3.14. The molecule has 0 saturated heterocycles. The average molecular weight is 396 g/mol. The highest BCUT2D eigenvalue weighted by atomic mass is 35.5. The summed E-state index contributed by atoms with van der Waals surface area (Å²) in [5.41, 5.74) is 2.90. The molecular formula is C21H18ClN3O3. The summed E-state index contributed by atoms with van der Waals surface area (Å²) < 4.78 is 10.8. The monoisotopic (exact) mass is 395 g/mol. The molecule has 0 aliphatic carbocycles. The van der Waals surface area contributed by atoms with Crippen LogP contribution in [0.3, 0.4) is 0 Å². The molecule has 4 rings (SSSR count). The number of rotatable bonds is 4. The first-order chi connectivity index (χ1) is 13.5. The number of furan rings is 1. The molecule has 142 valence electrons. The predicted octanol–water partition coefficient (Wildman–Crippen LogP) is 5.28. The van der Waals surface area contributed by atoms with Gasteiger partial charge in [-0.1, -0.05) is 28.9 Å². The quantitative estimate of drug-likeness (QED) is 0.470. The van der Waals surface area contributed by atoms with E-state index in [2.05, 4.69) is 10.1 Å². The Kier molecular flexibility index (Phi) is 4.65. The zero-order chi connectivity index (χ0) is 19.8. The third-order valence-electron chi connectivity index (χ3n) is 4.87. The molecule has 0 aliphatic heterocycles. The highest BCUT2D eigenvalue weighted by molar-refractivity contribution is 6.30. The van der Waals surface area contributed by atoms with E-state index in [9.17, 15) is 4.79 Å². The summed E-state index contributed by atoms with van der Waals surface area (Å²) in [6, 6.07) is 12.6. The van der Waals surface area contributed by atoms with Crippen LogP contribution in [0.1, 0.15) is 34.6 Å². The smallest absolute Gasteiger partial charge is 0.259 e. The lowest BCUT2D eigenvalue weighted by atomic mass is 10.0. The molecule has 1 atom stereocenters. The summed E-state index contributed by atoms with van der Waals surface area (Å²) in [6.45, 7) is 3.76. The van der Waals surface area contributed by atoms with E-state index in [1.807, 2.05) is 31.2 Å². The minimum absolute atomic E-state index is 0.153. The van der Waals surface area contributed by atoms with E-state index in [0.717, 1.165) is 5.56 Å². The van der Waals surface area contributed by atoms with Crippen LogP contribution in [-0.4, -0.2) is 28.0 Å². The molecule has 0 radical (unpaired) electrons. The number of fused-ring (bicyclic) bond motifs is 1. The van der Waals surface area contributed by atoms with Gasteiger partial charge in [-0.25, -0.2) is 4.98 Å². The van der Waals surface area contributed by atoms with Crippen molar-refractivity contribution in [3.8, 4) is 11.5 Å². The van der Waals surface area contributed by atoms with Crippen molar-refractivity contribution < 1.29 is 13.7 Å². The van der Waals surface area contributed by atoms with Gasteiger partial charge in [-0.05, 0) is 49.7 Å². The highest BCUT2D eigenvalue weighted by Crippen LogP contribution is 2.30. The van der Waals surface area contributed by atoms with Gasteiger partial charge in [0.25, 0.3) is 11.6 Å². The molecule has 0 spiro atoms. The van der Waals surface area contributed by atoms with Crippen LogP contribution in [0.15, 0.2) is 57.7 Å². The lowest BCUT2D eigenvalue weighted by molar-refractivity contribution is 0.0744. The summed E-state index contributed by atoms with van der Waals surface area (Å²) in [4.78, 5) is 19.5. The normalized spacial score (nSPS) is 12.3. The largest absolute Gasteiger partial charge is 0.463 e. The Morgan fingerprint density at radius 3 is 2.64 bits per heavy atom. The molecule has 6 nitrogen and oxygen atoms in total. The van der Waals surface area contributed by atoms with Crippen molar-refractivity contribution in [2.45, 2.75) is 19.9 Å². The van der Waals surface area contributed by atoms with E-state index in [1.54, 1.807) is 43.3 Å². The second-order valence-corrected chi connectivity index (χ2v) is 7.06. The van der Waals surface area contributed by atoms with Crippen LogP contribution in [0.4, 0.5) is 0 Å². The van der Waals surface area contributed by atoms with Crippen LogP contribution >= 0.6 is 11.6 Å². The van der Waals surface area contributed by atoms with Gasteiger partial charge in [0.15, 0.2) is 5.76 Å². The van der Waals surface area contributed by atoms with Gasteiger partial charge >= 0.3 is 0 Å². The molecule has 4 aromatic rings. The minimum Gasteiger partial charge on any atom is -0.463 e. The van der Waals surface area contributed by atoms with Crippen molar-refractivity contribution in [2.24, 2.45) is 0 Å². The third-order valence-corrected chi connectivity index (χ3v) is 5.13. The van der Waals surface area contributed by atoms with E-state index >= 15 is 0 Å². The second-order valence-electron chi connectivity index (χ2n) is 6.62. The van der Waals surface area contributed by atoms with Crippen LogP contribution in [0, 0.1) is 6.92 Å². The number of nitrogens with zero attached hydrogens (tertiary/aromatic N) is 3. The van der Waals surface area contributed by atoms with E-state index in [1.165, 1.54) is 0 Å². The lowest BCUT2D eigenvalue weighted by Crippen LogP contribution is -2.30. The van der Waals surface area contributed by atoms with Gasteiger partial charge < -0.3 is 13.8 Å². The van der Waals surface area contributed by atoms with Crippen molar-refractivity contribution in [1.82, 2.24) is 15.0 Å². The molecule has 28 heavy (non-hydrogen) atoms. The number of benzene rings is 1. The van der Waals surface area contributed by atoms with Gasteiger partial charge in [-0.2, -0.15) is 0 Å². The number of aryl methyl sites for hydroxylation is 1. The number of carbonyl (C=O) groups is 1. The maximum Gasteiger partial charge on any atom is 0.259 e. The number of pyridine rings is 1. The van der Waals surface area contributed by atoms with Gasteiger partial charge in [0.2, 0.25) is 0 Å². The number of amides is 1. The van der Waals surface area contributed by atoms with Crippen LogP contribution in [0.2, 0.25) is 5.02 Å². The molecule has 0 bridgehead atoms. The second kappa shape index (κ2) is 7.13. The molecule has 0 N–H and O–H groups in total.